The van der Waals surface area contributed by atoms with E-state index in [4.69, 9.17) is 10.7 Å². The molecule has 17 heavy (non-hydrogen) atoms. The third-order valence-electron chi connectivity index (χ3n) is 4.04. The fourth-order valence-electron chi connectivity index (χ4n) is 2.89. The molecule has 1 aliphatic carbocycles. The average Bonchev–Trinajstić information content (AvgIpc) is 2.66. The van der Waals surface area contributed by atoms with Crippen molar-refractivity contribution in [2.45, 2.75) is 44.1 Å². The first-order valence-corrected chi connectivity index (χ1v) is 6.53. The highest BCUT2D eigenvalue weighted by atomic mass is 15.0. The van der Waals surface area contributed by atoms with Crippen LogP contribution in [0.5, 0.6) is 0 Å². The van der Waals surface area contributed by atoms with Crippen LogP contribution in [0.3, 0.4) is 0 Å². The molecule has 0 spiro atoms. The first-order chi connectivity index (χ1) is 8.17. The SMILES string of the molecule is CC1(N)CCc2cnc(C3CCNCC3)nc21. The van der Waals surface area contributed by atoms with Gasteiger partial charge in [0.15, 0.2) is 0 Å². The number of hydrogen-bond donors (Lipinski definition) is 2. The van der Waals surface area contributed by atoms with E-state index in [9.17, 15) is 0 Å². The molecule has 1 atom stereocenters. The van der Waals surface area contributed by atoms with Gasteiger partial charge in [-0.1, -0.05) is 0 Å². The number of hydrogen-bond acceptors (Lipinski definition) is 4. The highest BCUT2D eigenvalue weighted by Crippen LogP contribution is 2.33. The maximum absolute atomic E-state index is 6.29. The Balaban J connectivity index is 1.92. The molecular formula is C13H20N4. The standard InChI is InChI=1S/C13H20N4/c1-13(14)5-2-10-8-16-12(17-11(10)13)9-3-6-15-7-4-9/h8-9,15H,2-7,14H2,1H3. The van der Waals surface area contributed by atoms with E-state index in [1.54, 1.807) is 0 Å². The number of rotatable bonds is 1. The molecule has 3 N–H and O–H groups in total. The topological polar surface area (TPSA) is 63.8 Å². The largest absolute Gasteiger partial charge is 0.320 e. The minimum atomic E-state index is -0.250. The number of aromatic nitrogens is 2. The number of fused-ring (bicyclic) bond motifs is 1. The van der Waals surface area contributed by atoms with Gasteiger partial charge in [-0.25, -0.2) is 9.97 Å². The Bertz CT molecular complexity index is 421. The molecule has 4 nitrogen and oxygen atoms in total. The Kier molecular flexibility index (Phi) is 2.64. The highest BCUT2D eigenvalue weighted by molar-refractivity contribution is 5.30. The van der Waals surface area contributed by atoms with E-state index in [0.717, 1.165) is 50.3 Å². The van der Waals surface area contributed by atoms with E-state index in [1.807, 2.05) is 6.20 Å². The monoisotopic (exact) mass is 232 g/mol. The van der Waals surface area contributed by atoms with Crippen molar-refractivity contribution in [3.63, 3.8) is 0 Å². The van der Waals surface area contributed by atoms with Gasteiger partial charge in [0.2, 0.25) is 0 Å². The van der Waals surface area contributed by atoms with Crippen LogP contribution >= 0.6 is 0 Å². The Morgan fingerprint density at radius 2 is 2.18 bits per heavy atom. The van der Waals surface area contributed by atoms with Crippen molar-refractivity contribution in [3.05, 3.63) is 23.3 Å². The van der Waals surface area contributed by atoms with Crippen LogP contribution in [0.2, 0.25) is 0 Å². The maximum Gasteiger partial charge on any atom is 0.131 e. The van der Waals surface area contributed by atoms with E-state index in [2.05, 4.69) is 17.2 Å². The third kappa shape index (κ3) is 1.96. The third-order valence-corrected chi connectivity index (χ3v) is 4.04. The van der Waals surface area contributed by atoms with Crippen molar-refractivity contribution in [1.29, 1.82) is 0 Å². The van der Waals surface area contributed by atoms with Crippen LogP contribution in [-0.4, -0.2) is 23.1 Å². The van der Waals surface area contributed by atoms with Crippen molar-refractivity contribution in [3.8, 4) is 0 Å². The highest BCUT2D eigenvalue weighted by Gasteiger charge is 2.33. The second-order valence-electron chi connectivity index (χ2n) is 5.54. The minimum Gasteiger partial charge on any atom is -0.320 e. The fourth-order valence-corrected chi connectivity index (χ4v) is 2.89. The van der Waals surface area contributed by atoms with Crippen molar-refractivity contribution in [2.24, 2.45) is 5.73 Å². The molecule has 3 rings (SSSR count). The number of piperidine rings is 1. The van der Waals surface area contributed by atoms with Crippen molar-refractivity contribution >= 4 is 0 Å². The number of aryl methyl sites for hydroxylation is 1. The molecule has 92 valence electrons. The molecule has 1 saturated heterocycles. The summed E-state index contributed by atoms with van der Waals surface area (Å²) in [6.07, 6.45) is 6.29. The van der Waals surface area contributed by atoms with Gasteiger partial charge in [0.1, 0.15) is 5.82 Å². The van der Waals surface area contributed by atoms with Gasteiger partial charge in [0, 0.05) is 12.1 Å². The van der Waals surface area contributed by atoms with Crippen LogP contribution < -0.4 is 11.1 Å². The first kappa shape index (κ1) is 11.1. The summed E-state index contributed by atoms with van der Waals surface area (Å²) >= 11 is 0. The first-order valence-electron chi connectivity index (χ1n) is 6.53. The molecular weight excluding hydrogens is 212 g/mol. The van der Waals surface area contributed by atoms with Gasteiger partial charge in [-0.15, -0.1) is 0 Å². The molecule has 1 aliphatic heterocycles. The summed E-state index contributed by atoms with van der Waals surface area (Å²) in [5.74, 6) is 1.52. The maximum atomic E-state index is 6.29. The summed E-state index contributed by atoms with van der Waals surface area (Å²) in [5.41, 5.74) is 8.36. The number of nitrogens with zero attached hydrogens (tertiary/aromatic N) is 2. The van der Waals surface area contributed by atoms with Crippen LogP contribution in [0, 0.1) is 0 Å². The zero-order chi connectivity index (χ0) is 11.9. The predicted molar refractivity (Wildman–Crippen MR) is 66.7 cm³/mol. The molecule has 0 radical (unpaired) electrons. The zero-order valence-corrected chi connectivity index (χ0v) is 10.4. The Hall–Kier alpha value is -1.00. The smallest absolute Gasteiger partial charge is 0.131 e. The molecule has 2 aliphatic rings. The molecule has 2 heterocycles. The summed E-state index contributed by atoms with van der Waals surface area (Å²) in [4.78, 5) is 9.31. The van der Waals surface area contributed by atoms with Crippen LogP contribution in [0.25, 0.3) is 0 Å². The lowest BCUT2D eigenvalue weighted by molar-refractivity contribution is 0.435. The lowest BCUT2D eigenvalue weighted by atomic mass is 9.96. The van der Waals surface area contributed by atoms with Gasteiger partial charge in [-0.3, -0.25) is 0 Å². The Morgan fingerprint density at radius 1 is 1.41 bits per heavy atom. The molecule has 1 fully saturated rings. The molecule has 1 aromatic heterocycles. The van der Waals surface area contributed by atoms with Crippen LogP contribution in [0.4, 0.5) is 0 Å². The van der Waals surface area contributed by atoms with Gasteiger partial charge >= 0.3 is 0 Å². The van der Waals surface area contributed by atoms with E-state index < -0.39 is 0 Å². The van der Waals surface area contributed by atoms with Crippen molar-refractivity contribution in [1.82, 2.24) is 15.3 Å². The van der Waals surface area contributed by atoms with Crippen LogP contribution in [0.1, 0.15) is 49.2 Å². The lowest BCUT2D eigenvalue weighted by Crippen LogP contribution is -2.32. The summed E-state index contributed by atoms with van der Waals surface area (Å²) < 4.78 is 0. The summed E-state index contributed by atoms with van der Waals surface area (Å²) in [6, 6.07) is 0. The van der Waals surface area contributed by atoms with Gasteiger partial charge in [0.25, 0.3) is 0 Å². The van der Waals surface area contributed by atoms with Gasteiger partial charge < -0.3 is 11.1 Å². The molecule has 0 amide bonds. The van der Waals surface area contributed by atoms with Crippen molar-refractivity contribution < 1.29 is 0 Å². The fraction of sp³-hybridized carbons (Fsp3) is 0.692. The predicted octanol–water partition coefficient (Wildman–Crippen LogP) is 1.06. The molecule has 0 saturated carbocycles. The van der Waals surface area contributed by atoms with Crippen LogP contribution in [0.15, 0.2) is 6.20 Å². The molecule has 1 unspecified atom stereocenters. The van der Waals surface area contributed by atoms with Crippen LogP contribution in [-0.2, 0) is 12.0 Å². The Morgan fingerprint density at radius 3 is 2.94 bits per heavy atom. The molecule has 0 aromatic carbocycles. The van der Waals surface area contributed by atoms with Gasteiger partial charge in [-0.05, 0) is 51.3 Å². The average molecular weight is 232 g/mol. The van der Waals surface area contributed by atoms with E-state index in [-0.39, 0.29) is 5.54 Å². The summed E-state index contributed by atoms with van der Waals surface area (Å²) in [6.45, 7) is 4.23. The zero-order valence-electron chi connectivity index (χ0n) is 10.4. The number of nitrogens with two attached hydrogens (primary N) is 1. The molecule has 0 bridgehead atoms. The van der Waals surface area contributed by atoms with Gasteiger partial charge in [-0.2, -0.15) is 0 Å². The minimum absolute atomic E-state index is 0.250. The normalized spacial score (nSPS) is 29.3. The summed E-state index contributed by atoms with van der Waals surface area (Å²) in [7, 11) is 0. The lowest BCUT2D eigenvalue weighted by Gasteiger charge is -2.23. The quantitative estimate of drug-likeness (QED) is 0.760. The molecule has 4 heteroatoms. The summed E-state index contributed by atoms with van der Waals surface area (Å²) in [5, 5.41) is 3.37. The van der Waals surface area contributed by atoms with E-state index >= 15 is 0 Å². The van der Waals surface area contributed by atoms with E-state index in [0.29, 0.717) is 5.92 Å². The second-order valence-corrected chi connectivity index (χ2v) is 5.54. The number of nitrogens with one attached hydrogen (secondary N) is 1. The molecule has 1 aromatic rings. The second kappa shape index (κ2) is 4.03. The Labute approximate surface area is 102 Å². The van der Waals surface area contributed by atoms with Gasteiger partial charge in [0.05, 0.1) is 11.2 Å². The van der Waals surface area contributed by atoms with Crippen molar-refractivity contribution in [2.75, 3.05) is 13.1 Å². The van der Waals surface area contributed by atoms with E-state index in [1.165, 1.54) is 5.56 Å².